The third-order valence-electron chi connectivity index (χ3n) is 4.11. The van der Waals surface area contributed by atoms with Crippen LogP contribution in [0.1, 0.15) is 39.0 Å². The molecule has 1 N–H and O–H groups in total. The van der Waals surface area contributed by atoms with Crippen molar-refractivity contribution in [1.29, 1.82) is 0 Å². The number of amides is 1. The van der Waals surface area contributed by atoms with Crippen LogP contribution in [0.5, 0.6) is 0 Å². The van der Waals surface area contributed by atoms with Gasteiger partial charge in [-0.15, -0.1) is 0 Å². The number of carbonyl (C=O) groups is 2. The van der Waals surface area contributed by atoms with Gasteiger partial charge in [-0.25, -0.2) is 0 Å². The van der Waals surface area contributed by atoms with Crippen molar-refractivity contribution in [3.05, 3.63) is 81.1 Å². The van der Waals surface area contributed by atoms with E-state index in [1.54, 1.807) is 47.1 Å². The molecule has 0 saturated carbocycles. The SMILES string of the molecule is CCn1nc(C(=O)Nc2ccc(Cl)cc2C(=O)c2ccccc2Cl)cc1C. The Balaban J connectivity index is 1.95. The predicted octanol–water partition coefficient (Wildman–Crippen LogP) is 5.00. The van der Waals surface area contributed by atoms with E-state index in [1.165, 1.54) is 6.07 Å². The fourth-order valence-corrected chi connectivity index (χ4v) is 3.13. The fraction of sp³-hybridized carbons (Fsp3) is 0.150. The summed E-state index contributed by atoms with van der Waals surface area (Å²) in [5.41, 5.74) is 2.10. The zero-order valence-electron chi connectivity index (χ0n) is 14.8. The van der Waals surface area contributed by atoms with Gasteiger partial charge >= 0.3 is 0 Å². The van der Waals surface area contributed by atoms with Crippen LogP contribution in [0.2, 0.25) is 10.0 Å². The Kier molecular flexibility index (Phi) is 5.63. The number of halogens is 2. The summed E-state index contributed by atoms with van der Waals surface area (Å²) in [6.45, 7) is 4.49. The van der Waals surface area contributed by atoms with E-state index in [9.17, 15) is 9.59 Å². The zero-order valence-corrected chi connectivity index (χ0v) is 16.3. The number of rotatable bonds is 5. The third kappa shape index (κ3) is 4.04. The molecule has 0 radical (unpaired) electrons. The number of hydrogen-bond donors (Lipinski definition) is 1. The molecule has 0 aliphatic rings. The topological polar surface area (TPSA) is 64.0 Å². The van der Waals surface area contributed by atoms with Crippen LogP contribution in [0.15, 0.2) is 48.5 Å². The monoisotopic (exact) mass is 401 g/mol. The van der Waals surface area contributed by atoms with Gasteiger partial charge in [0.2, 0.25) is 0 Å². The first-order valence-corrected chi connectivity index (χ1v) is 9.11. The van der Waals surface area contributed by atoms with Gasteiger partial charge in [-0.1, -0.05) is 35.3 Å². The van der Waals surface area contributed by atoms with Gasteiger partial charge in [0.25, 0.3) is 5.91 Å². The lowest BCUT2D eigenvalue weighted by molar-refractivity contribution is 0.102. The van der Waals surface area contributed by atoms with Gasteiger partial charge in [-0.05, 0) is 50.2 Å². The molecule has 0 aliphatic heterocycles. The van der Waals surface area contributed by atoms with Crippen molar-refractivity contribution in [3.8, 4) is 0 Å². The van der Waals surface area contributed by atoms with Crippen LogP contribution < -0.4 is 5.32 Å². The number of hydrogen-bond acceptors (Lipinski definition) is 3. The van der Waals surface area contributed by atoms with Crippen molar-refractivity contribution in [2.75, 3.05) is 5.32 Å². The number of ketones is 1. The van der Waals surface area contributed by atoms with Gasteiger partial charge in [0.05, 0.1) is 10.7 Å². The lowest BCUT2D eigenvalue weighted by Crippen LogP contribution is -2.16. The van der Waals surface area contributed by atoms with Gasteiger partial charge in [-0.2, -0.15) is 5.10 Å². The van der Waals surface area contributed by atoms with E-state index in [2.05, 4.69) is 10.4 Å². The molecule has 3 aromatic rings. The molecule has 138 valence electrons. The summed E-state index contributed by atoms with van der Waals surface area (Å²) in [6.07, 6.45) is 0. The molecule has 2 aromatic carbocycles. The second kappa shape index (κ2) is 7.94. The average molecular weight is 402 g/mol. The molecule has 7 heteroatoms. The minimum atomic E-state index is -0.402. The molecule has 1 amide bonds. The number of aryl methyl sites for hydroxylation is 2. The largest absolute Gasteiger partial charge is 0.320 e. The highest BCUT2D eigenvalue weighted by Gasteiger charge is 2.20. The smallest absolute Gasteiger partial charge is 0.276 e. The number of anilines is 1. The summed E-state index contributed by atoms with van der Waals surface area (Å²) >= 11 is 12.2. The Morgan fingerprint density at radius 2 is 1.81 bits per heavy atom. The summed E-state index contributed by atoms with van der Waals surface area (Å²) in [7, 11) is 0. The molecule has 1 heterocycles. The van der Waals surface area contributed by atoms with Crippen molar-refractivity contribution in [3.63, 3.8) is 0 Å². The van der Waals surface area contributed by atoms with E-state index in [-0.39, 0.29) is 17.0 Å². The summed E-state index contributed by atoms with van der Waals surface area (Å²) in [5, 5.41) is 7.73. The van der Waals surface area contributed by atoms with E-state index < -0.39 is 5.91 Å². The van der Waals surface area contributed by atoms with E-state index in [0.29, 0.717) is 27.8 Å². The summed E-state index contributed by atoms with van der Waals surface area (Å²) in [5.74, 6) is -0.727. The van der Waals surface area contributed by atoms with E-state index >= 15 is 0 Å². The second-order valence-corrected chi connectivity index (χ2v) is 6.78. The molecule has 0 fully saturated rings. The van der Waals surface area contributed by atoms with E-state index in [0.717, 1.165) is 5.69 Å². The third-order valence-corrected chi connectivity index (χ3v) is 4.67. The Labute approximate surface area is 166 Å². The van der Waals surface area contributed by atoms with Crippen LogP contribution in [0.25, 0.3) is 0 Å². The van der Waals surface area contributed by atoms with Crippen molar-refractivity contribution >= 4 is 40.6 Å². The first-order chi connectivity index (χ1) is 12.9. The Hall–Kier alpha value is -2.63. The fourth-order valence-electron chi connectivity index (χ4n) is 2.73. The van der Waals surface area contributed by atoms with E-state index in [1.807, 2.05) is 13.8 Å². The van der Waals surface area contributed by atoms with Crippen molar-refractivity contribution in [2.45, 2.75) is 20.4 Å². The van der Waals surface area contributed by atoms with Crippen LogP contribution in [0, 0.1) is 6.92 Å². The molecule has 0 unspecified atom stereocenters. The summed E-state index contributed by atoms with van der Waals surface area (Å²) < 4.78 is 1.73. The molecule has 27 heavy (non-hydrogen) atoms. The van der Waals surface area contributed by atoms with Crippen LogP contribution in [-0.2, 0) is 6.54 Å². The van der Waals surface area contributed by atoms with Gasteiger partial charge in [0, 0.05) is 28.4 Å². The maximum Gasteiger partial charge on any atom is 0.276 e. The second-order valence-electron chi connectivity index (χ2n) is 5.94. The zero-order chi connectivity index (χ0) is 19.6. The Bertz CT molecular complexity index is 1030. The molecule has 0 saturated heterocycles. The highest BCUT2D eigenvalue weighted by Crippen LogP contribution is 2.27. The molecular formula is C20H17Cl2N3O2. The van der Waals surface area contributed by atoms with Crippen LogP contribution in [0.4, 0.5) is 5.69 Å². The van der Waals surface area contributed by atoms with E-state index in [4.69, 9.17) is 23.2 Å². The van der Waals surface area contributed by atoms with Gasteiger partial charge in [-0.3, -0.25) is 14.3 Å². The minimum Gasteiger partial charge on any atom is -0.320 e. The summed E-state index contributed by atoms with van der Waals surface area (Å²) in [4.78, 5) is 25.6. The van der Waals surface area contributed by atoms with Crippen molar-refractivity contribution in [1.82, 2.24) is 9.78 Å². The Morgan fingerprint density at radius 1 is 1.07 bits per heavy atom. The van der Waals surface area contributed by atoms with Crippen molar-refractivity contribution < 1.29 is 9.59 Å². The number of benzene rings is 2. The van der Waals surface area contributed by atoms with Crippen LogP contribution in [-0.4, -0.2) is 21.5 Å². The predicted molar refractivity (Wildman–Crippen MR) is 107 cm³/mol. The van der Waals surface area contributed by atoms with Crippen molar-refractivity contribution in [2.24, 2.45) is 0 Å². The molecule has 5 nitrogen and oxygen atoms in total. The minimum absolute atomic E-state index is 0.260. The molecule has 3 rings (SSSR count). The molecular weight excluding hydrogens is 385 g/mol. The molecule has 0 aliphatic carbocycles. The Morgan fingerprint density at radius 3 is 2.48 bits per heavy atom. The molecule has 0 atom stereocenters. The average Bonchev–Trinajstić information content (AvgIpc) is 3.04. The quantitative estimate of drug-likeness (QED) is 0.611. The van der Waals surface area contributed by atoms with Gasteiger partial charge in [0.15, 0.2) is 11.5 Å². The van der Waals surface area contributed by atoms with Gasteiger partial charge in [0.1, 0.15) is 0 Å². The maximum atomic E-state index is 12.9. The number of carbonyl (C=O) groups excluding carboxylic acids is 2. The maximum absolute atomic E-state index is 12.9. The first-order valence-electron chi connectivity index (χ1n) is 8.35. The molecule has 0 spiro atoms. The number of nitrogens with one attached hydrogen (secondary N) is 1. The summed E-state index contributed by atoms with van der Waals surface area (Å²) in [6, 6.07) is 13.1. The van der Waals surface area contributed by atoms with Gasteiger partial charge < -0.3 is 5.32 Å². The van der Waals surface area contributed by atoms with Crippen LogP contribution in [0.3, 0.4) is 0 Å². The normalized spacial score (nSPS) is 10.7. The highest BCUT2D eigenvalue weighted by molar-refractivity contribution is 6.36. The number of nitrogens with zero attached hydrogens (tertiary/aromatic N) is 2. The standard InChI is InChI=1S/C20H17Cl2N3O2/c1-3-25-12(2)10-18(24-25)20(27)23-17-9-8-13(21)11-15(17)19(26)14-6-4-5-7-16(14)22/h4-11H,3H2,1-2H3,(H,23,27). The molecule has 0 bridgehead atoms. The first kappa shape index (κ1) is 19.1. The molecule has 1 aromatic heterocycles. The lowest BCUT2D eigenvalue weighted by atomic mass is 10.0. The highest BCUT2D eigenvalue weighted by atomic mass is 35.5. The van der Waals surface area contributed by atoms with Crippen LogP contribution >= 0.6 is 23.2 Å². The lowest BCUT2D eigenvalue weighted by Gasteiger charge is -2.11. The number of aromatic nitrogens is 2.